The van der Waals surface area contributed by atoms with Crippen molar-refractivity contribution in [3.63, 3.8) is 0 Å². The summed E-state index contributed by atoms with van der Waals surface area (Å²) in [6.45, 7) is 4.05. The van der Waals surface area contributed by atoms with E-state index in [1.807, 2.05) is 13.8 Å². The third-order valence-electron chi connectivity index (χ3n) is 5.20. The van der Waals surface area contributed by atoms with Gasteiger partial charge in [0.1, 0.15) is 11.5 Å². The highest BCUT2D eigenvalue weighted by Gasteiger charge is 2.30. The number of carbonyl (C=O) groups is 2. The lowest BCUT2D eigenvalue weighted by molar-refractivity contribution is -0.129. The molecule has 7 heteroatoms. The molecular formula is C20H29ClN2O4. The molecule has 0 aliphatic heterocycles. The highest BCUT2D eigenvalue weighted by molar-refractivity contribution is 6.32. The maximum absolute atomic E-state index is 12.7. The Morgan fingerprint density at radius 1 is 1.07 bits per heavy atom. The molecule has 1 aliphatic carbocycles. The number of benzene rings is 1. The normalized spacial score (nSPS) is 20.5. The van der Waals surface area contributed by atoms with Gasteiger partial charge >= 0.3 is 0 Å². The van der Waals surface area contributed by atoms with Gasteiger partial charge in [0.15, 0.2) is 0 Å². The summed E-state index contributed by atoms with van der Waals surface area (Å²) in [6.07, 6.45) is 3.74. The highest BCUT2D eigenvalue weighted by Crippen LogP contribution is 2.37. The van der Waals surface area contributed by atoms with Crippen LogP contribution in [-0.4, -0.2) is 32.1 Å². The number of carbonyl (C=O) groups excluding carboxylic acids is 2. The Morgan fingerprint density at radius 2 is 1.63 bits per heavy atom. The van der Waals surface area contributed by atoms with Crippen molar-refractivity contribution in [2.45, 2.75) is 52.0 Å². The molecule has 0 saturated heterocycles. The minimum absolute atomic E-state index is 0.00629. The molecule has 150 valence electrons. The first-order chi connectivity index (χ1) is 12.9. The second kappa shape index (κ2) is 9.83. The number of amides is 2. The zero-order chi connectivity index (χ0) is 20.0. The van der Waals surface area contributed by atoms with Gasteiger partial charge in [-0.25, -0.2) is 0 Å². The number of methoxy groups -OCH3 is 2. The smallest absolute Gasteiger partial charge is 0.227 e. The number of hydrogen-bond acceptors (Lipinski definition) is 4. The van der Waals surface area contributed by atoms with E-state index in [1.54, 1.807) is 12.1 Å². The van der Waals surface area contributed by atoms with E-state index in [4.69, 9.17) is 21.1 Å². The van der Waals surface area contributed by atoms with Gasteiger partial charge in [0, 0.05) is 30.0 Å². The molecule has 1 aromatic rings. The van der Waals surface area contributed by atoms with E-state index in [0.29, 0.717) is 35.1 Å². The van der Waals surface area contributed by atoms with Gasteiger partial charge in [-0.05, 0) is 39.0 Å². The Balaban J connectivity index is 1.96. The average Bonchev–Trinajstić information content (AvgIpc) is 2.68. The molecule has 0 heterocycles. The second-order valence-electron chi connectivity index (χ2n) is 7.04. The quantitative estimate of drug-likeness (QED) is 0.729. The van der Waals surface area contributed by atoms with Crippen LogP contribution in [0.2, 0.25) is 5.02 Å². The van der Waals surface area contributed by atoms with Gasteiger partial charge in [-0.3, -0.25) is 9.59 Å². The van der Waals surface area contributed by atoms with Gasteiger partial charge in [-0.1, -0.05) is 18.5 Å². The Labute approximate surface area is 165 Å². The van der Waals surface area contributed by atoms with E-state index in [0.717, 1.165) is 19.3 Å². The fourth-order valence-corrected chi connectivity index (χ4v) is 3.50. The number of rotatable bonds is 7. The fourth-order valence-electron chi connectivity index (χ4n) is 3.27. The maximum atomic E-state index is 12.7. The number of nitrogens with one attached hydrogen (secondary N) is 2. The van der Waals surface area contributed by atoms with Gasteiger partial charge in [-0.2, -0.15) is 0 Å². The van der Waals surface area contributed by atoms with E-state index in [2.05, 4.69) is 10.6 Å². The van der Waals surface area contributed by atoms with Gasteiger partial charge < -0.3 is 20.1 Å². The molecule has 0 spiro atoms. The molecule has 1 aromatic carbocycles. The molecule has 2 amide bonds. The Bertz CT molecular complexity index is 672. The van der Waals surface area contributed by atoms with Crippen LogP contribution >= 0.6 is 11.6 Å². The molecule has 0 radical (unpaired) electrons. The van der Waals surface area contributed by atoms with Crippen LogP contribution in [0.3, 0.4) is 0 Å². The van der Waals surface area contributed by atoms with Crippen molar-refractivity contribution in [2.24, 2.45) is 11.8 Å². The zero-order valence-corrected chi connectivity index (χ0v) is 17.2. The Kier molecular flexibility index (Phi) is 7.78. The molecule has 27 heavy (non-hydrogen) atoms. The lowest BCUT2D eigenvalue weighted by Gasteiger charge is -2.28. The van der Waals surface area contributed by atoms with Crippen LogP contribution in [-0.2, 0) is 9.59 Å². The minimum atomic E-state index is -0.121. The second-order valence-corrected chi connectivity index (χ2v) is 7.45. The topological polar surface area (TPSA) is 76.7 Å². The van der Waals surface area contributed by atoms with Crippen LogP contribution in [0, 0.1) is 11.8 Å². The summed E-state index contributed by atoms with van der Waals surface area (Å²) in [5.41, 5.74) is 0.528. The molecule has 1 saturated carbocycles. The minimum Gasteiger partial charge on any atom is -0.495 e. The standard InChI is InChI=1S/C20H29ClN2O4/c1-5-12(2)22-19(24)13-6-8-14(9-7-13)20(25)23-16-11-17(26-3)15(21)10-18(16)27-4/h10-14H,5-9H2,1-4H3,(H,22,24)(H,23,25). The summed E-state index contributed by atoms with van der Waals surface area (Å²) in [5, 5.41) is 6.37. The predicted octanol–water partition coefficient (Wildman–Crippen LogP) is 4.02. The summed E-state index contributed by atoms with van der Waals surface area (Å²) in [6, 6.07) is 3.46. The molecule has 0 aromatic heterocycles. The zero-order valence-electron chi connectivity index (χ0n) is 16.4. The maximum Gasteiger partial charge on any atom is 0.227 e. The van der Waals surface area contributed by atoms with Gasteiger partial charge in [0.05, 0.1) is 24.9 Å². The van der Waals surface area contributed by atoms with Crippen molar-refractivity contribution in [1.29, 1.82) is 0 Å². The van der Waals surface area contributed by atoms with Crippen molar-refractivity contribution >= 4 is 29.1 Å². The Morgan fingerprint density at radius 3 is 2.15 bits per heavy atom. The molecule has 1 fully saturated rings. The summed E-state index contributed by atoms with van der Waals surface area (Å²) >= 11 is 6.10. The van der Waals surface area contributed by atoms with Crippen LogP contribution in [0.1, 0.15) is 46.0 Å². The number of halogens is 1. The lowest BCUT2D eigenvalue weighted by atomic mass is 9.81. The van der Waals surface area contributed by atoms with Crippen molar-refractivity contribution in [1.82, 2.24) is 5.32 Å². The lowest BCUT2D eigenvalue weighted by Crippen LogP contribution is -2.39. The molecule has 1 aliphatic rings. The summed E-state index contributed by atoms with van der Waals surface area (Å²) in [7, 11) is 3.04. The predicted molar refractivity (Wildman–Crippen MR) is 107 cm³/mol. The van der Waals surface area contributed by atoms with E-state index in [9.17, 15) is 9.59 Å². The molecule has 1 unspecified atom stereocenters. The largest absolute Gasteiger partial charge is 0.495 e. The molecule has 1 atom stereocenters. The van der Waals surface area contributed by atoms with Crippen molar-refractivity contribution in [2.75, 3.05) is 19.5 Å². The number of hydrogen-bond donors (Lipinski definition) is 2. The first-order valence-corrected chi connectivity index (χ1v) is 9.80. The third kappa shape index (κ3) is 5.51. The van der Waals surface area contributed by atoms with E-state index in [1.165, 1.54) is 14.2 Å². The average molecular weight is 397 g/mol. The Hall–Kier alpha value is -1.95. The van der Waals surface area contributed by atoms with Gasteiger partial charge in [0.2, 0.25) is 11.8 Å². The molecular weight excluding hydrogens is 368 g/mol. The molecule has 0 bridgehead atoms. The molecule has 2 N–H and O–H groups in total. The monoisotopic (exact) mass is 396 g/mol. The first kappa shape index (κ1) is 21.4. The van der Waals surface area contributed by atoms with Crippen LogP contribution in [0.5, 0.6) is 11.5 Å². The summed E-state index contributed by atoms with van der Waals surface area (Å²) < 4.78 is 10.5. The molecule has 6 nitrogen and oxygen atoms in total. The SMILES string of the molecule is CCC(C)NC(=O)C1CCC(C(=O)Nc2cc(OC)c(Cl)cc2OC)CC1. The number of ether oxygens (including phenoxy) is 2. The highest BCUT2D eigenvalue weighted by atomic mass is 35.5. The van der Waals surface area contributed by atoms with Crippen molar-refractivity contribution < 1.29 is 19.1 Å². The molecule has 2 rings (SSSR count). The first-order valence-electron chi connectivity index (χ1n) is 9.42. The van der Waals surface area contributed by atoms with Crippen LogP contribution in [0.25, 0.3) is 0 Å². The van der Waals surface area contributed by atoms with E-state index in [-0.39, 0.29) is 29.7 Å². The van der Waals surface area contributed by atoms with E-state index < -0.39 is 0 Å². The van der Waals surface area contributed by atoms with Crippen molar-refractivity contribution in [3.05, 3.63) is 17.2 Å². The van der Waals surface area contributed by atoms with Crippen LogP contribution in [0.15, 0.2) is 12.1 Å². The van der Waals surface area contributed by atoms with Crippen LogP contribution < -0.4 is 20.1 Å². The fraction of sp³-hybridized carbons (Fsp3) is 0.600. The van der Waals surface area contributed by atoms with Crippen LogP contribution in [0.4, 0.5) is 5.69 Å². The van der Waals surface area contributed by atoms with E-state index >= 15 is 0 Å². The third-order valence-corrected chi connectivity index (χ3v) is 5.50. The number of anilines is 1. The summed E-state index contributed by atoms with van der Waals surface area (Å²) in [4.78, 5) is 24.9. The summed E-state index contributed by atoms with van der Waals surface area (Å²) in [5.74, 6) is 0.858. The van der Waals surface area contributed by atoms with Gasteiger partial charge in [0.25, 0.3) is 0 Å². The van der Waals surface area contributed by atoms with Crippen molar-refractivity contribution in [3.8, 4) is 11.5 Å². The van der Waals surface area contributed by atoms with Gasteiger partial charge in [-0.15, -0.1) is 0 Å².